The number of benzene rings is 2. The number of hydrogen-bond donors (Lipinski definition) is 2. The van der Waals surface area contributed by atoms with E-state index in [-0.39, 0.29) is 23.5 Å². The Hall–Kier alpha value is -3.38. The molecule has 1 aliphatic rings. The third-order valence-electron chi connectivity index (χ3n) is 5.75. The van der Waals surface area contributed by atoms with Gasteiger partial charge in [0.25, 0.3) is 5.91 Å². The number of nitrogens with zero attached hydrogens (tertiary/aromatic N) is 5. The number of carbonyl (C=O) groups excluding carboxylic acids is 1. The van der Waals surface area contributed by atoms with Crippen LogP contribution in [0.25, 0.3) is 11.1 Å². The van der Waals surface area contributed by atoms with Crippen LogP contribution in [0.15, 0.2) is 65.8 Å². The van der Waals surface area contributed by atoms with Crippen molar-refractivity contribution < 1.29 is 18.4 Å². The lowest BCUT2D eigenvalue weighted by atomic mass is 10.0. The molecular formula is C24H28N6O4S. The Kier molecular flexibility index (Phi) is 7.41. The van der Waals surface area contributed by atoms with Gasteiger partial charge in [-0.2, -0.15) is 4.31 Å². The highest BCUT2D eigenvalue weighted by Crippen LogP contribution is 2.26. The van der Waals surface area contributed by atoms with Crippen LogP contribution >= 0.6 is 0 Å². The zero-order valence-corrected chi connectivity index (χ0v) is 20.4. The molecule has 1 aromatic heterocycles. The van der Waals surface area contributed by atoms with E-state index in [4.69, 9.17) is 5.21 Å². The third-order valence-corrected chi connectivity index (χ3v) is 7.65. The van der Waals surface area contributed by atoms with Gasteiger partial charge in [-0.1, -0.05) is 30.3 Å². The van der Waals surface area contributed by atoms with Crippen LogP contribution < -0.4 is 10.4 Å². The Morgan fingerprint density at radius 1 is 1.00 bits per heavy atom. The maximum atomic E-state index is 13.4. The molecule has 0 aliphatic carbocycles. The summed E-state index contributed by atoms with van der Waals surface area (Å²) in [7, 11) is 0.349. The Morgan fingerprint density at radius 2 is 1.63 bits per heavy atom. The average Bonchev–Trinajstić information content (AvgIpc) is 2.88. The molecule has 0 unspecified atom stereocenters. The molecule has 0 spiro atoms. The maximum absolute atomic E-state index is 13.4. The molecular weight excluding hydrogens is 468 g/mol. The van der Waals surface area contributed by atoms with Gasteiger partial charge in [0.1, 0.15) is 0 Å². The van der Waals surface area contributed by atoms with E-state index in [1.807, 2.05) is 37.2 Å². The molecule has 2 N–H and O–H groups in total. The summed E-state index contributed by atoms with van der Waals surface area (Å²) in [6, 6.07) is 15.2. The lowest BCUT2D eigenvalue weighted by molar-refractivity contribution is 0.0705. The third kappa shape index (κ3) is 5.65. The quantitative estimate of drug-likeness (QED) is 0.376. The zero-order valence-electron chi connectivity index (χ0n) is 19.6. The predicted molar refractivity (Wildman–Crippen MR) is 132 cm³/mol. The molecule has 10 nitrogen and oxygen atoms in total. The van der Waals surface area contributed by atoms with Crippen LogP contribution in [0.4, 0.5) is 5.95 Å². The highest BCUT2D eigenvalue weighted by Gasteiger charge is 2.29. The minimum absolute atomic E-state index is 0.129. The van der Waals surface area contributed by atoms with E-state index in [2.05, 4.69) is 27.0 Å². The number of rotatable bonds is 7. The number of nitrogens with one attached hydrogen (secondary N) is 1. The summed E-state index contributed by atoms with van der Waals surface area (Å²) < 4.78 is 28.2. The van der Waals surface area contributed by atoms with Crippen molar-refractivity contribution in [1.82, 2.24) is 24.7 Å². The monoisotopic (exact) mass is 496 g/mol. The Bertz CT molecular complexity index is 1290. The summed E-state index contributed by atoms with van der Waals surface area (Å²) in [6.07, 6.45) is 2.63. The number of amides is 1. The predicted octanol–water partition coefficient (Wildman–Crippen LogP) is 1.84. The van der Waals surface area contributed by atoms with Gasteiger partial charge in [0.15, 0.2) is 0 Å². The second-order valence-corrected chi connectivity index (χ2v) is 10.5. The summed E-state index contributed by atoms with van der Waals surface area (Å²) in [4.78, 5) is 24.0. The van der Waals surface area contributed by atoms with E-state index in [9.17, 15) is 13.2 Å². The molecule has 35 heavy (non-hydrogen) atoms. The fourth-order valence-electron chi connectivity index (χ4n) is 3.99. The largest absolute Gasteiger partial charge is 0.338 e. The topological polar surface area (TPSA) is 119 Å². The van der Waals surface area contributed by atoms with Gasteiger partial charge in [-0.05, 0) is 49.0 Å². The molecule has 0 atom stereocenters. The van der Waals surface area contributed by atoms with Crippen LogP contribution in [-0.4, -0.2) is 79.0 Å². The standard InChI is InChI=1S/C24H28N6O4S/c1-28(2)17-18-5-3-6-19(13-18)20-7-4-8-22(14-20)35(33,34)30-11-9-29(10-12-30)24-25-15-21(16-26-24)23(31)27-32/h3-8,13-16,32H,9-12,17H2,1-2H3,(H,27,31). The van der Waals surface area contributed by atoms with E-state index in [0.717, 1.165) is 23.2 Å². The molecule has 2 heterocycles. The number of sulfonamides is 1. The van der Waals surface area contributed by atoms with E-state index in [1.54, 1.807) is 18.2 Å². The van der Waals surface area contributed by atoms with Crippen LogP contribution in [-0.2, 0) is 16.6 Å². The van der Waals surface area contributed by atoms with Gasteiger partial charge in [-0.3, -0.25) is 10.0 Å². The number of aromatic nitrogens is 2. The smallest absolute Gasteiger partial charge is 0.277 e. The molecule has 1 amide bonds. The summed E-state index contributed by atoms with van der Waals surface area (Å²) in [6.45, 7) is 2.20. The van der Waals surface area contributed by atoms with Gasteiger partial charge in [-0.15, -0.1) is 0 Å². The van der Waals surface area contributed by atoms with Crippen molar-refractivity contribution in [2.24, 2.45) is 0 Å². The van der Waals surface area contributed by atoms with Crippen molar-refractivity contribution in [3.8, 4) is 11.1 Å². The number of anilines is 1. The van der Waals surface area contributed by atoms with Crippen LogP contribution in [0.5, 0.6) is 0 Å². The number of hydrogen-bond acceptors (Lipinski definition) is 8. The van der Waals surface area contributed by atoms with E-state index >= 15 is 0 Å². The minimum Gasteiger partial charge on any atom is -0.338 e. The zero-order chi connectivity index (χ0) is 25.0. The molecule has 0 bridgehead atoms. The van der Waals surface area contributed by atoms with Gasteiger partial charge in [0.2, 0.25) is 16.0 Å². The molecule has 4 rings (SSSR count). The van der Waals surface area contributed by atoms with Crippen molar-refractivity contribution in [2.75, 3.05) is 45.2 Å². The van der Waals surface area contributed by atoms with Gasteiger partial charge in [0.05, 0.1) is 10.5 Å². The van der Waals surface area contributed by atoms with Crippen molar-refractivity contribution in [1.29, 1.82) is 0 Å². The number of piperazine rings is 1. The van der Waals surface area contributed by atoms with Gasteiger partial charge in [0, 0.05) is 45.1 Å². The average molecular weight is 497 g/mol. The van der Waals surface area contributed by atoms with Crippen LogP contribution in [0.3, 0.4) is 0 Å². The second kappa shape index (κ2) is 10.5. The molecule has 184 valence electrons. The lowest BCUT2D eigenvalue weighted by Crippen LogP contribution is -2.49. The van der Waals surface area contributed by atoms with Crippen molar-refractivity contribution >= 4 is 21.9 Å². The Balaban J connectivity index is 1.47. The van der Waals surface area contributed by atoms with Crippen LogP contribution in [0, 0.1) is 0 Å². The van der Waals surface area contributed by atoms with Crippen molar-refractivity contribution in [3.05, 3.63) is 72.1 Å². The van der Waals surface area contributed by atoms with E-state index in [0.29, 0.717) is 19.0 Å². The molecule has 3 aromatic rings. The number of carbonyl (C=O) groups is 1. The molecule has 1 fully saturated rings. The first-order chi connectivity index (χ1) is 16.8. The molecule has 2 aromatic carbocycles. The normalized spacial score (nSPS) is 14.8. The first-order valence-corrected chi connectivity index (χ1v) is 12.6. The summed E-state index contributed by atoms with van der Waals surface area (Å²) in [5.74, 6) is -0.296. The van der Waals surface area contributed by atoms with Crippen LogP contribution in [0.2, 0.25) is 0 Å². The molecule has 0 radical (unpaired) electrons. The SMILES string of the molecule is CN(C)Cc1cccc(-c2cccc(S(=O)(=O)N3CCN(c4ncc(C(=O)NO)cn4)CC3)c2)c1. The Labute approximate surface area is 204 Å². The summed E-state index contributed by atoms with van der Waals surface area (Å²) >= 11 is 0. The summed E-state index contributed by atoms with van der Waals surface area (Å²) in [5, 5.41) is 8.70. The molecule has 11 heteroatoms. The second-order valence-electron chi connectivity index (χ2n) is 8.57. The van der Waals surface area contributed by atoms with E-state index in [1.165, 1.54) is 22.2 Å². The fourth-order valence-corrected chi connectivity index (χ4v) is 5.46. The lowest BCUT2D eigenvalue weighted by Gasteiger charge is -2.34. The van der Waals surface area contributed by atoms with Gasteiger partial charge < -0.3 is 9.80 Å². The molecule has 0 saturated carbocycles. The van der Waals surface area contributed by atoms with E-state index < -0.39 is 15.9 Å². The Morgan fingerprint density at radius 3 is 2.26 bits per heavy atom. The van der Waals surface area contributed by atoms with Crippen molar-refractivity contribution in [3.63, 3.8) is 0 Å². The molecule has 1 aliphatic heterocycles. The van der Waals surface area contributed by atoms with Gasteiger partial charge >= 0.3 is 0 Å². The highest BCUT2D eigenvalue weighted by molar-refractivity contribution is 7.89. The summed E-state index contributed by atoms with van der Waals surface area (Å²) in [5.41, 5.74) is 4.65. The highest BCUT2D eigenvalue weighted by atomic mass is 32.2. The molecule has 1 saturated heterocycles. The first-order valence-electron chi connectivity index (χ1n) is 11.1. The fraction of sp³-hybridized carbons (Fsp3) is 0.292. The number of hydroxylamine groups is 1. The van der Waals surface area contributed by atoms with Gasteiger partial charge in [-0.25, -0.2) is 23.9 Å². The van der Waals surface area contributed by atoms with Crippen molar-refractivity contribution in [2.45, 2.75) is 11.4 Å². The maximum Gasteiger partial charge on any atom is 0.277 e. The van der Waals surface area contributed by atoms with Crippen LogP contribution in [0.1, 0.15) is 15.9 Å². The minimum atomic E-state index is -3.67. The first kappa shape index (κ1) is 24.7.